The molecule has 0 spiro atoms. The van der Waals surface area contributed by atoms with Gasteiger partial charge in [0.1, 0.15) is 0 Å². The lowest BCUT2D eigenvalue weighted by atomic mass is 9.54. The Morgan fingerprint density at radius 3 is 2.30 bits per heavy atom. The molecular formula is C18H31NO. The smallest absolute Gasteiger partial charge is 0.0863 e. The first kappa shape index (κ1) is 15.8. The quantitative estimate of drug-likeness (QED) is 0.814. The Morgan fingerprint density at radius 1 is 1.15 bits per heavy atom. The Morgan fingerprint density at radius 2 is 1.80 bits per heavy atom. The van der Waals surface area contributed by atoms with Crippen LogP contribution in [0.3, 0.4) is 0 Å². The molecule has 2 rings (SSSR count). The van der Waals surface area contributed by atoms with Gasteiger partial charge in [-0.1, -0.05) is 33.6 Å². The van der Waals surface area contributed by atoms with E-state index < -0.39 is 11.0 Å². The Bertz CT molecular complexity index is 364. The van der Waals surface area contributed by atoms with E-state index in [4.69, 9.17) is 0 Å². The van der Waals surface area contributed by atoms with Gasteiger partial charge < -0.3 is 5.11 Å². The summed E-state index contributed by atoms with van der Waals surface area (Å²) in [6.45, 7) is 6.67. The van der Waals surface area contributed by atoms with Crippen molar-refractivity contribution in [2.45, 2.75) is 84.2 Å². The number of aliphatic hydroxyl groups is 1. The first-order valence-corrected chi connectivity index (χ1v) is 8.61. The molecule has 3 atom stereocenters. The van der Waals surface area contributed by atoms with Crippen molar-refractivity contribution in [2.75, 3.05) is 0 Å². The second kappa shape index (κ2) is 6.06. The molecule has 0 amide bonds. The van der Waals surface area contributed by atoms with E-state index in [1.807, 2.05) is 0 Å². The summed E-state index contributed by atoms with van der Waals surface area (Å²) in [5, 5.41) is 21.2. The fraction of sp³-hybridized carbons (Fsp3) is 0.944. The summed E-state index contributed by atoms with van der Waals surface area (Å²) in [6.07, 6.45) is 9.56. The maximum absolute atomic E-state index is 11.3. The van der Waals surface area contributed by atoms with Crippen molar-refractivity contribution < 1.29 is 5.11 Å². The number of hydrogen-bond acceptors (Lipinski definition) is 2. The van der Waals surface area contributed by atoms with Crippen LogP contribution in [-0.4, -0.2) is 10.7 Å². The zero-order valence-corrected chi connectivity index (χ0v) is 13.5. The summed E-state index contributed by atoms with van der Waals surface area (Å²) in [6, 6.07) is 2.59. The summed E-state index contributed by atoms with van der Waals surface area (Å²) in [5.41, 5.74) is -1.22. The van der Waals surface area contributed by atoms with E-state index in [9.17, 15) is 10.4 Å². The molecule has 0 aromatic rings. The van der Waals surface area contributed by atoms with E-state index in [0.29, 0.717) is 5.92 Å². The average Bonchev–Trinajstić information content (AvgIpc) is 2.45. The van der Waals surface area contributed by atoms with Gasteiger partial charge in [-0.15, -0.1) is 0 Å². The minimum absolute atomic E-state index is 0.258. The van der Waals surface area contributed by atoms with Gasteiger partial charge in [0.25, 0.3) is 0 Å². The molecule has 0 saturated heterocycles. The summed E-state index contributed by atoms with van der Waals surface area (Å²) in [5.74, 6) is 1.73. The van der Waals surface area contributed by atoms with E-state index in [1.54, 1.807) is 0 Å². The van der Waals surface area contributed by atoms with Gasteiger partial charge in [0.05, 0.1) is 17.1 Å². The van der Waals surface area contributed by atoms with Crippen LogP contribution in [0.4, 0.5) is 0 Å². The van der Waals surface area contributed by atoms with Crippen LogP contribution >= 0.6 is 0 Å². The van der Waals surface area contributed by atoms with E-state index in [2.05, 4.69) is 26.8 Å². The Balaban J connectivity index is 2.14. The molecule has 2 fully saturated rings. The molecule has 0 bridgehead atoms. The highest BCUT2D eigenvalue weighted by Gasteiger charge is 2.56. The van der Waals surface area contributed by atoms with Gasteiger partial charge in [0.2, 0.25) is 0 Å². The molecule has 0 aromatic carbocycles. The fourth-order valence-corrected chi connectivity index (χ4v) is 4.85. The normalized spacial score (nSPS) is 45.9. The molecule has 20 heavy (non-hydrogen) atoms. The summed E-state index contributed by atoms with van der Waals surface area (Å²) in [7, 11) is 0. The predicted octanol–water partition coefficient (Wildman–Crippen LogP) is 4.67. The van der Waals surface area contributed by atoms with E-state index >= 15 is 0 Å². The van der Waals surface area contributed by atoms with Gasteiger partial charge in [-0.05, 0) is 62.7 Å². The van der Waals surface area contributed by atoms with Crippen molar-refractivity contribution in [3.8, 4) is 6.07 Å². The molecule has 1 N–H and O–H groups in total. The molecule has 2 heteroatoms. The Kier molecular flexibility index (Phi) is 4.80. The van der Waals surface area contributed by atoms with Crippen LogP contribution in [-0.2, 0) is 0 Å². The highest BCUT2D eigenvalue weighted by Crippen LogP contribution is 2.54. The van der Waals surface area contributed by atoms with E-state index in [0.717, 1.165) is 50.9 Å². The van der Waals surface area contributed by atoms with Gasteiger partial charge in [-0.2, -0.15) is 5.26 Å². The number of hydrogen-bond donors (Lipinski definition) is 1. The van der Waals surface area contributed by atoms with Crippen LogP contribution in [0.1, 0.15) is 78.6 Å². The third-order valence-electron chi connectivity index (χ3n) is 6.29. The maximum Gasteiger partial charge on any atom is 0.0863 e. The zero-order valence-electron chi connectivity index (χ0n) is 13.5. The largest absolute Gasteiger partial charge is 0.388 e. The predicted molar refractivity (Wildman–Crippen MR) is 82.0 cm³/mol. The standard InChI is InChI=1S/C18H31NO/c1-4-5-16-7-9-17(13-19,10-8-16)18(20)11-6-14(2)12-15(18)3/h14-16,20H,4-12H2,1-3H3. The molecule has 0 heterocycles. The third kappa shape index (κ3) is 2.62. The van der Waals surface area contributed by atoms with E-state index in [1.165, 1.54) is 12.8 Å². The van der Waals surface area contributed by atoms with Gasteiger partial charge in [0.15, 0.2) is 0 Å². The lowest BCUT2D eigenvalue weighted by molar-refractivity contribution is -0.142. The van der Waals surface area contributed by atoms with Gasteiger partial charge in [-0.25, -0.2) is 0 Å². The molecule has 2 saturated carbocycles. The van der Waals surface area contributed by atoms with Crippen LogP contribution < -0.4 is 0 Å². The van der Waals surface area contributed by atoms with Crippen LogP contribution in [0.15, 0.2) is 0 Å². The summed E-state index contributed by atoms with van der Waals surface area (Å²) >= 11 is 0. The maximum atomic E-state index is 11.3. The molecule has 0 radical (unpaired) electrons. The van der Waals surface area contributed by atoms with E-state index in [-0.39, 0.29) is 5.92 Å². The summed E-state index contributed by atoms with van der Waals surface area (Å²) in [4.78, 5) is 0. The Labute approximate surface area is 124 Å². The highest BCUT2D eigenvalue weighted by atomic mass is 16.3. The summed E-state index contributed by atoms with van der Waals surface area (Å²) < 4.78 is 0. The second-order valence-corrected chi connectivity index (χ2v) is 7.63. The minimum atomic E-state index is -0.745. The van der Waals surface area contributed by atoms with Crippen LogP contribution in [0.2, 0.25) is 0 Å². The van der Waals surface area contributed by atoms with Crippen LogP contribution in [0, 0.1) is 34.5 Å². The number of nitrogens with zero attached hydrogens (tertiary/aromatic N) is 1. The van der Waals surface area contributed by atoms with Gasteiger partial charge in [0, 0.05) is 0 Å². The zero-order chi connectivity index (χ0) is 14.8. The highest BCUT2D eigenvalue weighted by molar-refractivity contribution is 5.15. The molecule has 0 aliphatic heterocycles. The fourth-order valence-electron chi connectivity index (χ4n) is 4.85. The molecule has 2 nitrogen and oxygen atoms in total. The molecule has 3 unspecified atom stereocenters. The van der Waals surface area contributed by atoms with Crippen molar-refractivity contribution in [3.63, 3.8) is 0 Å². The lowest BCUT2D eigenvalue weighted by Crippen LogP contribution is -2.55. The lowest BCUT2D eigenvalue weighted by Gasteiger charge is -2.52. The molecular weight excluding hydrogens is 246 g/mol. The van der Waals surface area contributed by atoms with Crippen molar-refractivity contribution in [1.29, 1.82) is 5.26 Å². The molecule has 114 valence electrons. The SMILES string of the molecule is CCCC1CCC(C#N)(C2(O)CCC(C)CC2C)CC1. The molecule has 0 aromatic heterocycles. The average molecular weight is 277 g/mol. The van der Waals surface area contributed by atoms with Crippen LogP contribution in [0.5, 0.6) is 0 Å². The topological polar surface area (TPSA) is 44.0 Å². The minimum Gasteiger partial charge on any atom is -0.388 e. The molecule has 2 aliphatic rings. The Hall–Kier alpha value is -0.550. The monoisotopic (exact) mass is 277 g/mol. The number of nitriles is 1. The second-order valence-electron chi connectivity index (χ2n) is 7.63. The van der Waals surface area contributed by atoms with Crippen molar-refractivity contribution in [2.24, 2.45) is 23.2 Å². The van der Waals surface area contributed by atoms with Crippen molar-refractivity contribution in [3.05, 3.63) is 0 Å². The van der Waals surface area contributed by atoms with Crippen molar-refractivity contribution >= 4 is 0 Å². The number of rotatable bonds is 3. The third-order valence-corrected chi connectivity index (χ3v) is 6.29. The van der Waals surface area contributed by atoms with Gasteiger partial charge >= 0.3 is 0 Å². The van der Waals surface area contributed by atoms with Crippen LogP contribution in [0.25, 0.3) is 0 Å². The molecule has 2 aliphatic carbocycles. The first-order valence-electron chi connectivity index (χ1n) is 8.61. The van der Waals surface area contributed by atoms with Crippen molar-refractivity contribution in [1.82, 2.24) is 0 Å². The van der Waals surface area contributed by atoms with Gasteiger partial charge in [-0.3, -0.25) is 0 Å². The first-order chi connectivity index (χ1) is 9.47.